The lowest BCUT2D eigenvalue weighted by atomic mass is 10.1. The number of aromatic nitrogens is 4. The van der Waals surface area contributed by atoms with Crippen LogP contribution in [0.2, 0.25) is 0 Å². The third-order valence-corrected chi connectivity index (χ3v) is 4.14. The van der Waals surface area contributed by atoms with Crippen LogP contribution in [0.4, 0.5) is 5.95 Å². The molecule has 8 nitrogen and oxygen atoms in total. The number of H-pyrrole nitrogens is 1. The molecule has 0 radical (unpaired) electrons. The lowest BCUT2D eigenvalue weighted by Gasteiger charge is -2.19. The topological polar surface area (TPSA) is 95.9 Å². The largest absolute Gasteiger partial charge is 0.356 e. The van der Waals surface area contributed by atoms with Crippen molar-refractivity contribution in [1.29, 1.82) is 0 Å². The van der Waals surface area contributed by atoms with E-state index < -0.39 is 0 Å². The van der Waals surface area contributed by atoms with Gasteiger partial charge in [0.15, 0.2) is 5.65 Å². The Bertz CT molecular complexity index is 801. The first-order chi connectivity index (χ1) is 11.4. The molecule has 1 fully saturated rings. The molecule has 2 aromatic heterocycles. The van der Waals surface area contributed by atoms with Crippen molar-refractivity contribution in [3.63, 3.8) is 0 Å². The van der Waals surface area contributed by atoms with Gasteiger partial charge in [0, 0.05) is 26.1 Å². The number of rotatable bonds is 5. The van der Waals surface area contributed by atoms with Crippen LogP contribution in [0.25, 0.3) is 11.0 Å². The number of aromatic amines is 1. The maximum atomic E-state index is 12.2. The molecule has 1 aliphatic rings. The second-order valence-corrected chi connectivity index (χ2v) is 7.14. The van der Waals surface area contributed by atoms with Crippen molar-refractivity contribution in [3.8, 4) is 0 Å². The molecule has 0 bridgehead atoms. The minimum atomic E-state index is -0.254. The van der Waals surface area contributed by atoms with Crippen LogP contribution in [-0.2, 0) is 10.3 Å². The summed E-state index contributed by atoms with van der Waals surface area (Å²) >= 11 is 0. The van der Waals surface area contributed by atoms with Crippen molar-refractivity contribution in [2.24, 2.45) is 0 Å². The third kappa shape index (κ3) is 3.27. The highest BCUT2D eigenvalue weighted by Crippen LogP contribution is 2.18. The molecule has 3 rings (SSSR count). The minimum absolute atomic E-state index is 0.201. The van der Waals surface area contributed by atoms with E-state index >= 15 is 0 Å². The molecular weight excluding hydrogens is 308 g/mol. The maximum Gasteiger partial charge on any atom is 0.263 e. The second kappa shape index (κ2) is 6.26. The molecule has 24 heavy (non-hydrogen) atoms. The van der Waals surface area contributed by atoms with E-state index in [2.05, 4.69) is 20.4 Å². The second-order valence-electron chi connectivity index (χ2n) is 7.14. The molecule has 0 aliphatic carbocycles. The van der Waals surface area contributed by atoms with Crippen LogP contribution in [0, 0.1) is 0 Å². The van der Waals surface area contributed by atoms with Gasteiger partial charge in [-0.2, -0.15) is 10.1 Å². The first-order valence-electron chi connectivity index (χ1n) is 8.36. The van der Waals surface area contributed by atoms with Crippen LogP contribution < -0.4 is 10.9 Å². The van der Waals surface area contributed by atoms with Crippen molar-refractivity contribution in [3.05, 3.63) is 16.6 Å². The first-order valence-corrected chi connectivity index (χ1v) is 8.36. The van der Waals surface area contributed by atoms with Gasteiger partial charge in [0.2, 0.25) is 11.9 Å². The van der Waals surface area contributed by atoms with Crippen LogP contribution >= 0.6 is 0 Å². The molecule has 0 aromatic carbocycles. The Morgan fingerprint density at radius 1 is 1.33 bits per heavy atom. The number of amides is 1. The van der Waals surface area contributed by atoms with E-state index in [0.29, 0.717) is 29.9 Å². The van der Waals surface area contributed by atoms with Crippen molar-refractivity contribution < 1.29 is 4.79 Å². The molecule has 0 atom stereocenters. The Morgan fingerprint density at radius 3 is 2.79 bits per heavy atom. The fraction of sp³-hybridized carbons (Fsp3) is 0.625. The van der Waals surface area contributed by atoms with E-state index in [4.69, 9.17) is 0 Å². The van der Waals surface area contributed by atoms with E-state index in [9.17, 15) is 9.59 Å². The summed E-state index contributed by atoms with van der Waals surface area (Å²) < 4.78 is 1.76. The molecule has 3 heterocycles. The summed E-state index contributed by atoms with van der Waals surface area (Å²) in [6.45, 7) is 8.28. The van der Waals surface area contributed by atoms with E-state index in [1.807, 2.05) is 25.7 Å². The van der Waals surface area contributed by atoms with E-state index in [0.717, 1.165) is 25.9 Å². The van der Waals surface area contributed by atoms with E-state index in [1.165, 1.54) is 0 Å². The molecule has 0 unspecified atom stereocenters. The Balaban J connectivity index is 1.68. The number of carbonyl (C=O) groups is 1. The standard InChI is InChI=1S/C16H24N6O2/c1-16(2,3)22-13-11(10-18-22)14(24)20-15(19-13)17-7-5-9-21-8-4-6-12(21)23/h10H,4-9H2,1-3H3,(H2,17,19,20,24). The van der Waals surface area contributed by atoms with Crippen molar-refractivity contribution in [2.75, 3.05) is 25.0 Å². The smallest absolute Gasteiger partial charge is 0.263 e. The molecule has 1 saturated heterocycles. The monoisotopic (exact) mass is 332 g/mol. The average Bonchev–Trinajstić information content (AvgIpc) is 3.10. The highest BCUT2D eigenvalue weighted by Gasteiger charge is 2.20. The van der Waals surface area contributed by atoms with E-state index in [-0.39, 0.29) is 17.0 Å². The quantitative estimate of drug-likeness (QED) is 0.805. The highest BCUT2D eigenvalue weighted by atomic mass is 16.2. The summed E-state index contributed by atoms with van der Waals surface area (Å²) in [7, 11) is 0. The van der Waals surface area contributed by atoms with Gasteiger partial charge in [0.05, 0.1) is 11.7 Å². The summed E-state index contributed by atoms with van der Waals surface area (Å²) in [5.74, 6) is 0.670. The number of nitrogens with one attached hydrogen (secondary N) is 2. The SMILES string of the molecule is CC(C)(C)n1ncc2c(=O)[nH]c(NCCCN3CCCC3=O)nc21. The summed E-state index contributed by atoms with van der Waals surface area (Å²) in [6.07, 6.45) is 3.98. The Kier molecular flexibility index (Phi) is 4.29. The zero-order valence-corrected chi connectivity index (χ0v) is 14.4. The van der Waals surface area contributed by atoms with Gasteiger partial charge in [-0.25, -0.2) is 4.68 Å². The summed E-state index contributed by atoms with van der Waals surface area (Å²) in [4.78, 5) is 32.9. The highest BCUT2D eigenvalue weighted by molar-refractivity contribution is 5.78. The van der Waals surface area contributed by atoms with Gasteiger partial charge in [-0.15, -0.1) is 0 Å². The van der Waals surface area contributed by atoms with Crippen molar-refractivity contribution in [2.45, 2.75) is 45.6 Å². The fourth-order valence-electron chi connectivity index (χ4n) is 2.91. The number of fused-ring (bicyclic) bond motifs is 1. The molecule has 130 valence electrons. The summed E-state index contributed by atoms with van der Waals surface area (Å²) in [5, 5.41) is 7.91. The molecule has 1 aliphatic heterocycles. The number of hydrogen-bond acceptors (Lipinski definition) is 5. The molecule has 0 saturated carbocycles. The van der Waals surface area contributed by atoms with Gasteiger partial charge in [-0.3, -0.25) is 14.6 Å². The fourth-order valence-corrected chi connectivity index (χ4v) is 2.91. The zero-order chi connectivity index (χ0) is 17.3. The predicted octanol–water partition coefficient (Wildman–Crippen LogP) is 1.30. The number of hydrogen-bond donors (Lipinski definition) is 2. The number of likely N-dealkylation sites (tertiary alicyclic amines) is 1. The molecule has 8 heteroatoms. The van der Waals surface area contributed by atoms with Crippen LogP contribution in [0.1, 0.15) is 40.0 Å². The molecular formula is C16H24N6O2. The van der Waals surface area contributed by atoms with Crippen molar-refractivity contribution >= 4 is 22.9 Å². The van der Waals surface area contributed by atoms with Gasteiger partial charge in [0.1, 0.15) is 5.39 Å². The number of anilines is 1. The van der Waals surface area contributed by atoms with Crippen LogP contribution in [0.15, 0.2) is 11.0 Å². The van der Waals surface area contributed by atoms with Crippen LogP contribution in [0.3, 0.4) is 0 Å². The average molecular weight is 332 g/mol. The number of nitrogens with zero attached hydrogens (tertiary/aromatic N) is 4. The predicted molar refractivity (Wildman–Crippen MR) is 92.1 cm³/mol. The molecule has 2 aromatic rings. The molecule has 2 N–H and O–H groups in total. The maximum absolute atomic E-state index is 12.2. The van der Waals surface area contributed by atoms with Gasteiger partial charge in [0.25, 0.3) is 5.56 Å². The van der Waals surface area contributed by atoms with Gasteiger partial charge in [-0.1, -0.05) is 0 Å². The zero-order valence-electron chi connectivity index (χ0n) is 14.4. The van der Waals surface area contributed by atoms with E-state index in [1.54, 1.807) is 10.9 Å². The van der Waals surface area contributed by atoms with Gasteiger partial charge >= 0.3 is 0 Å². The lowest BCUT2D eigenvalue weighted by molar-refractivity contribution is -0.127. The van der Waals surface area contributed by atoms with Gasteiger partial charge < -0.3 is 10.2 Å². The minimum Gasteiger partial charge on any atom is -0.356 e. The normalized spacial score (nSPS) is 15.5. The number of carbonyl (C=O) groups excluding carboxylic acids is 1. The Morgan fingerprint density at radius 2 is 2.12 bits per heavy atom. The Hall–Kier alpha value is -2.38. The van der Waals surface area contributed by atoms with Gasteiger partial charge in [-0.05, 0) is 33.6 Å². The first kappa shape index (κ1) is 16.5. The molecule has 0 spiro atoms. The van der Waals surface area contributed by atoms with Crippen LogP contribution in [-0.4, -0.2) is 50.2 Å². The Labute approximate surface area is 140 Å². The molecule has 1 amide bonds. The summed E-state index contributed by atoms with van der Waals surface area (Å²) in [6, 6.07) is 0. The van der Waals surface area contributed by atoms with Crippen molar-refractivity contribution in [1.82, 2.24) is 24.6 Å². The lowest BCUT2D eigenvalue weighted by Crippen LogP contribution is -2.27. The summed E-state index contributed by atoms with van der Waals surface area (Å²) in [5.41, 5.74) is 0.117. The third-order valence-electron chi connectivity index (χ3n) is 4.14. The van der Waals surface area contributed by atoms with Crippen LogP contribution in [0.5, 0.6) is 0 Å².